The molecule has 82 valence electrons. The number of hydrogen-bond donors (Lipinski definition) is 2. The van der Waals surface area contributed by atoms with E-state index in [0.29, 0.717) is 0 Å². The second-order valence-electron chi connectivity index (χ2n) is 3.34. The van der Waals surface area contributed by atoms with E-state index in [4.69, 9.17) is 5.73 Å². The van der Waals surface area contributed by atoms with Gasteiger partial charge in [-0.25, -0.2) is 0 Å². The Kier molecular flexibility index (Phi) is 3.91. The molecule has 0 fully saturated rings. The highest BCUT2D eigenvalue weighted by Crippen LogP contribution is 2.27. The largest absolute Gasteiger partial charge is 0.397 e. The Labute approximate surface area is 122 Å². The molecule has 0 spiro atoms. The number of para-hydroxylation sites is 1. The number of nitrogens with two attached hydrogens (primary N) is 1. The zero-order chi connectivity index (χ0) is 11.5. The predicted octanol–water partition coefficient (Wildman–Crippen LogP) is 4.22. The van der Waals surface area contributed by atoms with Gasteiger partial charge >= 0.3 is 0 Å². The highest BCUT2D eigenvalue weighted by molar-refractivity contribution is 14.1. The molecule has 3 N–H and O–H groups in total. The molecule has 0 saturated heterocycles. The Balaban J connectivity index is 2.31. The summed E-state index contributed by atoms with van der Waals surface area (Å²) in [6.45, 7) is 0. The Morgan fingerprint density at radius 2 is 1.69 bits per heavy atom. The van der Waals surface area contributed by atoms with Crippen LogP contribution in [0.4, 0.5) is 17.1 Å². The molecular weight excluding hydrogens is 426 g/mol. The molecule has 0 radical (unpaired) electrons. The van der Waals surface area contributed by atoms with Crippen molar-refractivity contribution in [3.05, 3.63) is 49.6 Å². The van der Waals surface area contributed by atoms with Crippen LogP contribution in [0.5, 0.6) is 0 Å². The first-order valence-electron chi connectivity index (χ1n) is 4.73. The summed E-state index contributed by atoms with van der Waals surface area (Å²) in [4.78, 5) is 0. The molecule has 0 aliphatic carbocycles. The first-order valence-corrected chi connectivity index (χ1v) is 6.89. The lowest BCUT2D eigenvalue weighted by atomic mass is 10.2. The summed E-state index contributed by atoms with van der Waals surface area (Å²) in [5.41, 5.74) is 8.75. The summed E-state index contributed by atoms with van der Waals surface area (Å²) in [6.07, 6.45) is 0. The van der Waals surface area contributed by atoms with Crippen LogP contribution in [-0.2, 0) is 0 Å². The van der Waals surface area contributed by atoms with Crippen LogP contribution in [0.3, 0.4) is 0 Å². The average molecular weight is 436 g/mol. The van der Waals surface area contributed by atoms with E-state index in [1.165, 1.54) is 3.57 Å². The Bertz CT molecular complexity index is 512. The number of rotatable bonds is 2. The molecule has 16 heavy (non-hydrogen) atoms. The lowest BCUT2D eigenvalue weighted by Gasteiger charge is -2.11. The van der Waals surface area contributed by atoms with Crippen LogP contribution >= 0.6 is 45.2 Å². The molecule has 0 aromatic heterocycles. The number of anilines is 3. The van der Waals surface area contributed by atoms with Crippen LogP contribution < -0.4 is 11.1 Å². The van der Waals surface area contributed by atoms with Crippen LogP contribution in [0.1, 0.15) is 0 Å². The molecule has 0 unspecified atom stereocenters. The average Bonchev–Trinajstić information content (AvgIpc) is 2.25. The topological polar surface area (TPSA) is 38.0 Å². The number of hydrogen-bond acceptors (Lipinski definition) is 2. The summed E-state index contributed by atoms with van der Waals surface area (Å²) < 4.78 is 2.32. The number of nitrogens with one attached hydrogen (secondary N) is 1. The van der Waals surface area contributed by atoms with Crippen molar-refractivity contribution in [2.75, 3.05) is 11.1 Å². The van der Waals surface area contributed by atoms with E-state index in [1.807, 2.05) is 36.4 Å². The molecule has 2 aromatic rings. The van der Waals surface area contributed by atoms with Gasteiger partial charge in [0.15, 0.2) is 0 Å². The third kappa shape index (κ3) is 2.79. The third-order valence-electron chi connectivity index (χ3n) is 2.16. The van der Waals surface area contributed by atoms with Gasteiger partial charge in [0.2, 0.25) is 0 Å². The second-order valence-corrected chi connectivity index (χ2v) is 5.74. The fourth-order valence-corrected chi connectivity index (χ4v) is 2.39. The molecule has 0 bridgehead atoms. The van der Waals surface area contributed by atoms with Gasteiger partial charge < -0.3 is 11.1 Å². The maximum absolute atomic E-state index is 5.95. The fourth-order valence-electron chi connectivity index (χ4n) is 1.36. The number of nitrogen functional groups attached to an aromatic ring is 1. The number of halogens is 2. The van der Waals surface area contributed by atoms with Crippen molar-refractivity contribution in [2.45, 2.75) is 0 Å². The summed E-state index contributed by atoms with van der Waals surface area (Å²) in [5, 5.41) is 3.33. The molecule has 0 aliphatic heterocycles. The van der Waals surface area contributed by atoms with Crippen LogP contribution in [0, 0.1) is 7.14 Å². The van der Waals surface area contributed by atoms with Gasteiger partial charge in [-0.1, -0.05) is 12.1 Å². The van der Waals surface area contributed by atoms with Crippen LogP contribution in [0.15, 0.2) is 42.5 Å². The fraction of sp³-hybridized carbons (Fsp3) is 0. The molecule has 4 heteroatoms. The minimum Gasteiger partial charge on any atom is -0.397 e. The molecular formula is C12H10I2N2. The van der Waals surface area contributed by atoms with E-state index >= 15 is 0 Å². The van der Waals surface area contributed by atoms with E-state index in [-0.39, 0.29) is 0 Å². The normalized spacial score (nSPS) is 10.1. The van der Waals surface area contributed by atoms with Crippen molar-refractivity contribution in [3.8, 4) is 0 Å². The monoisotopic (exact) mass is 436 g/mol. The first-order chi connectivity index (χ1) is 7.66. The van der Waals surface area contributed by atoms with Gasteiger partial charge in [0.25, 0.3) is 0 Å². The van der Waals surface area contributed by atoms with E-state index in [2.05, 4.69) is 56.6 Å². The predicted molar refractivity (Wildman–Crippen MR) is 86.0 cm³/mol. The summed E-state index contributed by atoms with van der Waals surface area (Å²) in [6, 6.07) is 14.1. The molecule has 0 heterocycles. The standard InChI is InChI=1S/C12H10I2N2/c13-8-5-6-12(10(15)7-8)16-11-4-2-1-3-9(11)14/h1-7,16H,15H2. The molecule has 2 rings (SSSR count). The Morgan fingerprint density at radius 1 is 0.938 bits per heavy atom. The van der Waals surface area contributed by atoms with Crippen LogP contribution in [0.2, 0.25) is 0 Å². The SMILES string of the molecule is Nc1cc(I)ccc1Nc1ccccc1I. The van der Waals surface area contributed by atoms with Gasteiger partial charge in [-0.2, -0.15) is 0 Å². The highest BCUT2D eigenvalue weighted by atomic mass is 127. The van der Waals surface area contributed by atoms with Crippen molar-refractivity contribution in [3.63, 3.8) is 0 Å². The maximum atomic E-state index is 5.95. The van der Waals surface area contributed by atoms with Crippen LogP contribution in [0.25, 0.3) is 0 Å². The van der Waals surface area contributed by atoms with Crippen molar-refractivity contribution in [1.29, 1.82) is 0 Å². The molecule has 2 aromatic carbocycles. The van der Waals surface area contributed by atoms with Gasteiger partial charge in [-0.05, 0) is 75.5 Å². The summed E-state index contributed by atoms with van der Waals surface area (Å²) in [7, 11) is 0. The lowest BCUT2D eigenvalue weighted by Crippen LogP contribution is -1.97. The van der Waals surface area contributed by atoms with Gasteiger partial charge in [0.05, 0.1) is 17.1 Å². The zero-order valence-corrected chi connectivity index (χ0v) is 12.7. The van der Waals surface area contributed by atoms with Crippen molar-refractivity contribution in [1.82, 2.24) is 0 Å². The van der Waals surface area contributed by atoms with E-state index in [0.717, 1.165) is 20.6 Å². The second kappa shape index (κ2) is 5.22. The highest BCUT2D eigenvalue weighted by Gasteiger charge is 2.02. The maximum Gasteiger partial charge on any atom is 0.0618 e. The van der Waals surface area contributed by atoms with Gasteiger partial charge in [-0.15, -0.1) is 0 Å². The summed E-state index contributed by atoms with van der Waals surface area (Å²) in [5.74, 6) is 0. The van der Waals surface area contributed by atoms with Crippen molar-refractivity contribution >= 4 is 62.2 Å². The molecule has 0 atom stereocenters. The Hall–Kier alpha value is -0.500. The van der Waals surface area contributed by atoms with E-state index in [9.17, 15) is 0 Å². The number of benzene rings is 2. The third-order valence-corrected chi connectivity index (χ3v) is 3.77. The Morgan fingerprint density at radius 3 is 2.38 bits per heavy atom. The summed E-state index contributed by atoms with van der Waals surface area (Å²) >= 11 is 4.55. The van der Waals surface area contributed by atoms with Crippen LogP contribution in [-0.4, -0.2) is 0 Å². The van der Waals surface area contributed by atoms with Crippen molar-refractivity contribution < 1.29 is 0 Å². The quantitative estimate of drug-likeness (QED) is 0.547. The lowest BCUT2D eigenvalue weighted by molar-refractivity contribution is 1.51. The zero-order valence-electron chi connectivity index (χ0n) is 8.37. The molecule has 0 amide bonds. The van der Waals surface area contributed by atoms with Crippen molar-refractivity contribution in [2.24, 2.45) is 0 Å². The van der Waals surface area contributed by atoms with E-state index in [1.54, 1.807) is 0 Å². The van der Waals surface area contributed by atoms with Gasteiger partial charge in [0, 0.05) is 7.14 Å². The molecule has 0 saturated carbocycles. The minimum absolute atomic E-state index is 0.770. The smallest absolute Gasteiger partial charge is 0.0618 e. The minimum atomic E-state index is 0.770. The van der Waals surface area contributed by atoms with E-state index < -0.39 is 0 Å². The first kappa shape index (κ1) is 12.0. The molecule has 2 nitrogen and oxygen atoms in total. The molecule has 0 aliphatic rings. The van der Waals surface area contributed by atoms with Gasteiger partial charge in [-0.3, -0.25) is 0 Å². The van der Waals surface area contributed by atoms with Gasteiger partial charge in [0.1, 0.15) is 0 Å².